The minimum atomic E-state index is -0.961. The van der Waals surface area contributed by atoms with Gasteiger partial charge in [0.15, 0.2) is 0 Å². The quantitative estimate of drug-likeness (QED) is 0.484. The standard InChI is InChI=1S/C13H25NO5/c1-3-13(4-2,12(17)18)10-11(16)14-6-5-8-19-9-7-15/h15H,3-10H2,1-2H3,(H,14,16)(H,17,18). The number of carboxylic acid groups (broad SMARTS) is 1. The topological polar surface area (TPSA) is 95.9 Å². The summed E-state index contributed by atoms with van der Waals surface area (Å²) in [5.41, 5.74) is -0.961. The van der Waals surface area contributed by atoms with E-state index in [-0.39, 0.29) is 18.9 Å². The number of carbonyl (C=O) groups excluding carboxylic acids is 1. The van der Waals surface area contributed by atoms with Crippen LogP contribution in [-0.4, -0.2) is 48.5 Å². The van der Waals surface area contributed by atoms with Gasteiger partial charge in [0, 0.05) is 19.6 Å². The van der Waals surface area contributed by atoms with E-state index in [0.29, 0.717) is 39.0 Å². The first kappa shape index (κ1) is 17.9. The van der Waals surface area contributed by atoms with E-state index in [9.17, 15) is 14.7 Å². The molecule has 0 aliphatic heterocycles. The number of nitrogens with one attached hydrogen (secondary N) is 1. The van der Waals surface area contributed by atoms with Gasteiger partial charge in [0.1, 0.15) is 0 Å². The van der Waals surface area contributed by atoms with Crippen molar-refractivity contribution in [1.29, 1.82) is 0 Å². The van der Waals surface area contributed by atoms with Crippen molar-refractivity contribution in [2.24, 2.45) is 5.41 Å². The second-order valence-electron chi connectivity index (χ2n) is 4.51. The number of aliphatic hydroxyl groups excluding tert-OH is 1. The van der Waals surface area contributed by atoms with Gasteiger partial charge in [0.25, 0.3) is 0 Å². The molecule has 0 saturated heterocycles. The van der Waals surface area contributed by atoms with Gasteiger partial charge in [-0.3, -0.25) is 9.59 Å². The lowest BCUT2D eigenvalue weighted by atomic mass is 9.79. The molecule has 3 N–H and O–H groups in total. The summed E-state index contributed by atoms with van der Waals surface area (Å²) < 4.78 is 5.05. The first-order valence-corrected chi connectivity index (χ1v) is 6.71. The molecule has 0 aromatic heterocycles. The maximum Gasteiger partial charge on any atom is 0.310 e. The van der Waals surface area contributed by atoms with Gasteiger partial charge < -0.3 is 20.3 Å². The summed E-state index contributed by atoms with van der Waals surface area (Å²) in [7, 11) is 0. The number of amides is 1. The Hall–Kier alpha value is -1.14. The summed E-state index contributed by atoms with van der Waals surface area (Å²) in [6.07, 6.45) is 1.52. The summed E-state index contributed by atoms with van der Waals surface area (Å²) in [6, 6.07) is 0. The van der Waals surface area contributed by atoms with Crippen LogP contribution in [0.4, 0.5) is 0 Å². The highest BCUT2D eigenvalue weighted by Crippen LogP contribution is 2.30. The van der Waals surface area contributed by atoms with Crippen molar-refractivity contribution < 1.29 is 24.5 Å². The summed E-state index contributed by atoms with van der Waals surface area (Å²) in [4.78, 5) is 23.0. The maximum atomic E-state index is 11.7. The molecule has 0 radical (unpaired) electrons. The van der Waals surface area contributed by atoms with E-state index >= 15 is 0 Å². The summed E-state index contributed by atoms with van der Waals surface area (Å²) in [6.45, 7) is 4.77. The van der Waals surface area contributed by atoms with Crippen LogP contribution in [0.2, 0.25) is 0 Å². The minimum absolute atomic E-state index is 0.00678. The first-order valence-electron chi connectivity index (χ1n) is 6.71. The molecule has 0 atom stereocenters. The largest absolute Gasteiger partial charge is 0.481 e. The van der Waals surface area contributed by atoms with E-state index in [0.717, 1.165) is 0 Å². The number of carboxylic acids is 1. The average molecular weight is 275 g/mol. The van der Waals surface area contributed by atoms with Crippen LogP contribution in [0.5, 0.6) is 0 Å². The Bertz CT molecular complexity index is 276. The van der Waals surface area contributed by atoms with E-state index in [4.69, 9.17) is 9.84 Å². The summed E-state index contributed by atoms with van der Waals surface area (Å²) >= 11 is 0. The zero-order chi connectivity index (χ0) is 14.7. The number of ether oxygens (including phenoxy) is 1. The Labute approximate surface area is 114 Å². The molecule has 0 aromatic rings. The predicted molar refractivity (Wildman–Crippen MR) is 70.8 cm³/mol. The van der Waals surface area contributed by atoms with E-state index < -0.39 is 11.4 Å². The average Bonchev–Trinajstić information content (AvgIpc) is 2.39. The zero-order valence-electron chi connectivity index (χ0n) is 11.8. The van der Waals surface area contributed by atoms with Crippen molar-refractivity contribution in [1.82, 2.24) is 5.32 Å². The third kappa shape index (κ3) is 6.54. The second kappa shape index (κ2) is 9.75. The first-order chi connectivity index (χ1) is 9.02. The molecular weight excluding hydrogens is 250 g/mol. The zero-order valence-corrected chi connectivity index (χ0v) is 11.8. The summed E-state index contributed by atoms with van der Waals surface area (Å²) in [5.74, 6) is -1.16. The van der Waals surface area contributed by atoms with E-state index in [1.807, 2.05) is 0 Å². The second-order valence-corrected chi connectivity index (χ2v) is 4.51. The van der Waals surface area contributed by atoms with Crippen LogP contribution in [0.1, 0.15) is 39.5 Å². The number of hydrogen-bond donors (Lipinski definition) is 3. The fraction of sp³-hybridized carbons (Fsp3) is 0.846. The molecule has 0 fully saturated rings. The molecule has 0 rings (SSSR count). The lowest BCUT2D eigenvalue weighted by Crippen LogP contribution is -2.37. The van der Waals surface area contributed by atoms with Crippen molar-refractivity contribution in [2.45, 2.75) is 39.5 Å². The van der Waals surface area contributed by atoms with Crippen molar-refractivity contribution in [2.75, 3.05) is 26.4 Å². The summed E-state index contributed by atoms with van der Waals surface area (Å²) in [5, 5.41) is 20.4. The third-order valence-corrected chi connectivity index (χ3v) is 3.33. The highest BCUT2D eigenvalue weighted by Gasteiger charge is 2.36. The molecule has 6 heteroatoms. The number of carbonyl (C=O) groups is 2. The third-order valence-electron chi connectivity index (χ3n) is 3.33. The molecule has 0 aliphatic carbocycles. The smallest absolute Gasteiger partial charge is 0.310 e. The molecule has 0 spiro atoms. The molecule has 6 nitrogen and oxygen atoms in total. The van der Waals surface area contributed by atoms with Gasteiger partial charge in [0.2, 0.25) is 5.91 Å². The van der Waals surface area contributed by atoms with Crippen molar-refractivity contribution in [3.8, 4) is 0 Å². The van der Waals surface area contributed by atoms with Gasteiger partial charge in [0.05, 0.1) is 18.6 Å². The Morgan fingerprint density at radius 2 is 1.84 bits per heavy atom. The highest BCUT2D eigenvalue weighted by atomic mass is 16.5. The molecule has 1 amide bonds. The monoisotopic (exact) mass is 275 g/mol. The normalized spacial score (nSPS) is 11.3. The molecule has 19 heavy (non-hydrogen) atoms. The van der Waals surface area contributed by atoms with Gasteiger partial charge in [-0.25, -0.2) is 0 Å². The Morgan fingerprint density at radius 3 is 2.32 bits per heavy atom. The van der Waals surface area contributed by atoms with Crippen molar-refractivity contribution in [3.63, 3.8) is 0 Å². The fourth-order valence-electron chi connectivity index (χ4n) is 1.82. The molecule has 0 aromatic carbocycles. The van der Waals surface area contributed by atoms with Crippen LogP contribution in [0, 0.1) is 5.41 Å². The van der Waals surface area contributed by atoms with Crippen LogP contribution >= 0.6 is 0 Å². The molecular formula is C13H25NO5. The van der Waals surface area contributed by atoms with Crippen molar-refractivity contribution in [3.05, 3.63) is 0 Å². The Morgan fingerprint density at radius 1 is 1.21 bits per heavy atom. The molecule has 0 unspecified atom stereocenters. The number of aliphatic carboxylic acids is 1. The van der Waals surface area contributed by atoms with Crippen LogP contribution in [-0.2, 0) is 14.3 Å². The predicted octanol–water partition coefficient (Wildman–Crippen LogP) is 0.783. The van der Waals surface area contributed by atoms with E-state index in [1.54, 1.807) is 13.8 Å². The Kier molecular flexibility index (Phi) is 9.16. The van der Waals surface area contributed by atoms with Gasteiger partial charge in [-0.05, 0) is 19.3 Å². The van der Waals surface area contributed by atoms with Gasteiger partial charge in [-0.15, -0.1) is 0 Å². The number of aliphatic hydroxyl groups is 1. The van der Waals surface area contributed by atoms with Gasteiger partial charge in [-0.2, -0.15) is 0 Å². The lowest BCUT2D eigenvalue weighted by molar-refractivity contribution is -0.152. The van der Waals surface area contributed by atoms with Crippen LogP contribution in [0.3, 0.4) is 0 Å². The van der Waals surface area contributed by atoms with Crippen LogP contribution in [0.25, 0.3) is 0 Å². The number of rotatable bonds is 11. The van der Waals surface area contributed by atoms with Gasteiger partial charge in [-0.1, -0.05) is 13.8 Å². The van der Waals surface area contributed by atoms with Gasteiger partial charge >= 0.3 is 5.97 Å². The lowest BCUT2D eigenvalue weighted by Gasteiger charge is -2.25. The maximum absolute atomic E-state index is 11.7. The fourth-order valence-corrected chi connectivity index (χ4v) is 1.82. The number of hydrogen-bond acceptors (Lipinski definition) is 4. The molecule has 0 saturated carbocycles. The van der Waals surface area contributed by atoms with E-state index in [2.05, 4.69) is 5.32 Å². The minimum Gasteiger partial charge on any atom is -0.481 e. The SMILES string of the molecule is CCC(CC)(CC(=O)NCCCOCCO)C(=O)O. The molecule has 0 bridgehead atoms. The molecule has 0 aliphatic rings. The highest BCUT2D eigenvalue weighted by molar-refractivity contribution is 5.84. The molecule has 0 heterocycles. The van der Waals surface area contributed by atoms with Crippen molar-refractivity contribution >= 4 is 11.9 Å². The Balaban J connectivity index is 3.98. The van der Waals surface area contributed by atoms with Crippen LogP contribution < -0.4 is 5.32 Å². The van der Waals surface area contributed by atoms with Crippen LogP contribution in [0.15, 0.2) is 0 Å². The van der Waals surface area contributed by atoms with E-state index in [1.165, 1.54) is 0 Å². The molecule has 112 valence electrons.